The fourth-order valence-corrected chi connectivity index (χ4v) is 1.89. The molecule has 0 aromatic carbocycles. The topological polar surface area (TPSA) is 43.3 Å². The van der Waals surface area contributed by atoms with E-state index in [0.29, 0.717) is 6.54 Å². The summed E-state index contributed by atoms with van der Waals surface area (Å²) in [5.41, 5.74) is 8.72. The minimum atomic E-state index is 0.678. The lowest BCUT2D eigenvalue weighted by atomic mass is 10.2. The quantitative estimate of drug-likeness (QED) is 0.889. The van der Waals surface area contributed by atoms with Crippen molar-refractivity contribution in [1.82, 2.24) is 9.38 Å². The molecule has 0 aliphatic heterocycles. The van der Waals surface area contributed by atoms with Crippen molar-refractivity contribution in [2.75, 3.05) is 6.54 Å². The normalized spacial score (nSPS) is 11.1. The van der Waals surface area contributed by atoms with Crippen molar-refractivity contribution in [1.29, 1.82) is 0 Å². The molecule has 3 nitrogen and oxygen atoms in total. The summed E-state index contributed by atoms with van der Waals surface area (Å²) in [5.74, 6) is 0. The summed E-state index contributed by atoms with van der Waals surface area (Å²) >= 11 is 3.49. The number of aryl methyl sites for hydroxylation is 1. The zero-order chi connectivity index (χ0) is 10.1. The van der Waals surface area contributed by atoms with Gasteiger partial charge >= 0.3 is 0 Å². The van der Waals surface area contributed by atoms with Crippen LogP contribution in [0.2, 0.25) is 0 Å². The Morgan fingerprint density at radius 1 is 1.57 bits per heavy atom. The molecular weight excluding hydrogens is 242 g/mol. The van der Waals surface area contributed by atoms with Gasteiger partial charge in [-0.25, -0.2) is 4.98 Å². The van der Waals surface area contributed by atoms with Crippen molar-refractivity contribution in [2.45, 2.75) is 13.3 Å². The molecule has 0 saturated carbocycles. The number of rotatable bonds is 2. The van der Waals surface area contributed by atoms with Gasteiger partial charge in [0.05, 0.1) is 5.69 Å². The lowest BCUT2D eigenvalue weighted by Gasteiger charge is -1.99. The standard InChI is InChI=1S/C10H12BrN3/c1-7-10(11)14-5-3-8(2-4-12)6-9(14)13-7/h3,5-6H,2,4,12H2,1H3. The molecule has 14 heavy (non-hydrogen) atoms. The molecule has 4 heteroatoms. The first-order valence-electron chi connectivity index (χ1n) is 4.55. The maximum atomic E-state index is 5.50. The molecule has 0 spiro atoms. The Balaban J connectivity index is 2.56. The molecule has 0 aliphatic rings. The van der Waals surface area contributed by atoms with Crippen molar-refractivity contribution in [3.8, 4) is 0 Å². The Bertz CT molecular complexity index is 462. The molecule has 0 unspecified atom stereocenters. The highest BCUT2D eigenvalue weighted by atomic mass is 79.9. The van der Waals surface area contributed by atoms with Gasteiger partial charge in [-0.1, -0.05) is 0 Å². The minimum Gasteiger partial charge on any atom is -0.330 e. The first-order valence-corrected chi connectivity index (χ1v) is 5.35. The Kier molecular flexibility index (Phi) is 2.56. The van der Waals surface area contributed by atoms with Crippen LogP contribution in [0.5, 0.6) is 0 Å². The molecule has 0 amide bonds. The van der Waals surface area contributed by atoms with Gasteiger partial charge in [-0.2, -0.15) is 0 Å². The molecular formula is C10H12BrN3. The average molecular weight is 254 g/mol. The number of nitrogens with zero attached hydrogens (tertiary/aromatic N) is 2. The Morgan fingerprint density at radius 2 is 2.36 bits per heavy atom. The summed E-state index contributed by atoms with van der Waals surface area (Å²) in [4.78, 5) is 4.43. The Hall–Kier alpha value is -0.870. The zero-order valence-electron chi connectivity index (χ0n) is 8.00. The number of nitrogens with two attached hydrogens (primary N) is 1. The van der Waals surface area contributed by atoms with Crippen LogP contribution >= 0.6 is 15.9 Å². The molecule has 0 bridgehead atoms. The number of fused-ring (bicyclic) bond motifs is 1. The molecule has 0 saturated heterocycles. The fourth-order valence-electron chi connectivity index (χ4n) is 1.50. The van der Waals surface area contributed by atoms with E-state index < -0.39 is 0 Å². The molecule has 0 radical (unpaired) electrons. The monoisotopic (exact) mass is 253 g/mol. The largest absolute Gasteiger partial charge is 0.330 e. The van der Waals surface area contributed by atoms with Crippen LogP contribution in [-0.4, -0.2) is 15.9 Å². The van der Waals surface area contributed by atoms with Gasteiger partial charge in [0.25, 0.3) is 0 Å². The highest BCUT2D eigenvalue weighted by Gasteiger charge is 2.05. The highest BCUT2D eigenvalue weighted by molar-refractivity contribution is 9.10. The van der Waals surface area contributed by atoms with E-state index in [-0.39, 0.29) is 0 Å². The molecule has 0 fully saturated rings. The van der Waals surface area contributed by atoms with Gasteiger partial charge in [0.1, 0.15) is 10.3 Å². The summed E-state index contributed by atoms with van der Waals surface area (Å²) in [6, 6.07) is 4.15. The molecule has 2 heterocycles. The van der Waals surface area contributed by atoms with Gasteiger partial charge in [-0.3, -0.25) is 4.40 Å². The van der Waals surface area contributed by atoms with Gasteiger partial charge in [0.15, 0.2) is 0 Å². The maximum Gasteiger partial charge on any atom is 0.138 e. The summed E-state index contributed by atoms with van der Waals surface area (Å²) in [7, 11) is 0. The van der Waals surface area contributed by atoms with Gasteiger partial charge in [-0.15, -0.1) is 0 Å². The van der Waals surface area contributed by atoms with Gasteiger partial charge < -0.3 is 5.73 Å². The van der Waals surface area contributed by atoms with Crippen molar-refractivity contribution in [3.05, 3.63) is 34.2 Å². The van der Waals surface area contributed by atoms with E-state index in [1.165, 1.54) is 5.56 Å². The van der Waals surface area contributed by atoms with E-state index in [1.807, 2.05) is 17.5 Å². The second-order valence-corrected chi connectivity index (χ2v) is 4.04. The van der Waals surface area contributed by atoms with Crippen LogP contribution in [0, 0.1) is 6.92 Å². The second kappa shape index (κ2) is 3.71. The van der Waals surface area contributed by atoms with Crippen LogP contribution in [0.25, 0.3) is 5.65 Å². The van der Waals surface area contributed by atoms with E-state index in [4.69, 9.17) is 5.73 Å². The summed E-state index contributed by atoms with van der Waals surface area (Å²) in [5, 5.41) is 0. The van der Waals surface area contributed by atoms with Crippen molar-refractivity contribution in [3.63, 3.8) is 0 Å². The van der Waals surface area contributed by atoms with Gasteiger partial charge in [-0.05, 0) is 53.5 Å². The molecule has 2 aromatic heterocycles. The number of hydrogen-bond donors (Lipinski definition) is 1. The number of halogens is 1. The summed E-state index contributed by atoms with van der Waals surface area (Å²) in [6.45, 7) is 2.66. The first-order chi connectivity index (χ1) is 6.72. The predicted molar refractivity (Wildman–Crippen MR) is 60.4 cm³/mol. The number of hydrogen-bond acceptors (Lipinski definition) is 2. The smallest absolute Gasteiger partial charge is 0.138 e. The lowest BCUT2D eigenvalue weighted by Crippen LogP contribution is -2.02. The van der Waals surface area contributed by atoms with E-state index in [9.17, 15) is 0 Å². The fraction of sp³-hybridized carbons (Fsp3) is 0.300. The summed E-state index contributed by atoms with van der Waals surface area (Å²) in [6.07, 6.45) is 2.92. The third kappa shape index (κ3) is 1.55. The Morgan fingerprint density at radius 3 is 3.07 bits per heavy atom. The third-order valence-electron chi connectivity index (χ3n) is 2.22. The molecule has 0 atom stereocenters. The van der Waals surface area contributed by atoms with E-state index in [2.05, 4.69) is 33.0 Å². The molecule has 2 rings (SSSR count). The molecule has 0 aliphatic carbocycles. The lowest BCUT2D eigenvalue weighted by molar-refractivity contribution is 0.961. The first kappa shape index (κ1) is 9.68. The average Bonchev–Trinajstić information content (AvgIpc) is 2.43. The molecule has 74 valence electrons. The van der Waals surface area contributed by atoms with Crippen LogP contribution in [0.4, 0.5) is 0 Å². The van der Waals surface area contributed by atoms with E-state index in [1.54, 1.807) is 0 Å². The van der Waals surface area contributed by atoms with Crippen LogP contribution in [0.1, 0.15) is 11.3 Å². The maximum absolute atomic E-state index is 5.50. The van der Waals surface area contributed by atoms with Crippen molar-refractivity contribution in [2.24, 2.45) is 5.73 Å². The zero-order valence-corrected chi connectivity index (χ0v) is 9.58. The number of imidazole rings is 1. The minimum absolute atomic E-state index is 0.678. The van der Waals surface area contributed by atoms with Gasteiger partial charge in [0, 0.05) is 6.20 Å². The second-order valence-electron chi connectivity index (χ2n) is 3.29. The highest BCUT2D eigenvalue weighted by Crippen LogP contribution is 2.18. The van der Waals surface area contributed by atoms with Crippen LogP contribution < -0.4 is 5.73 Å². The van der Waals surface area contributed by atoms with Crippen LogP contribution in [0.15, 0.2) is 22.9 Å². The third-order valence-corrected chi connectivity index (χ3v) is 3.18. The number of pyridine rings is 1. The number of aromatic nitrogens is 2. The molecule has 2 aromatic rings. The van der Waals surface area contributed by atoms with Crippen molar-refractivity contribution < 1.29 is 0 Å². The predicted octanol–water partition coefficient (Wildman–Crippen LogP) is 1.91. The van der Waals surface area contributed by atoms with Crippen molar-refractivity contribution >= 4 is 21.6 Å². The van der Waals surface area contributed by atoms with Crippen LogP contribution in [0.3, 0.4) is 0 Å². The van der Waals surface area contributed by atoms with Crippen LogP contribution in [-0.2, 0) is 6.42 Å². The molecule has 2 N–H and O–H groups in total. The van der Waals surface area contributed by atoms with Gasteiger partial charge in [0.2, 0.25) is 0 Å². The Labute approximate surface area is 91.1 Å². The summed E-state index contributed by atoms with van der Waals surface area (Å²) < 4.78 is 3.04. The SMILES string of the molecule is Cc1nc2cc(CCN)ccn2c1Br. The van der Waals surface area contributed by atoms with E-state index in [0.717, 1.165) is 22.4 Å². The van der Waals surface area contributed by atoms with E-state index >= 15 is 0 Å².